The van der Waals surface area contributed by atoms with E-state index in [1.165, 1.54) is 11.3 Å². The van der Waals surface area contributed by atoms with Gasteiger partial charge in [-0.25, -0.2) is 4.79 Å². The summed E-state index contributed by atoms with van der Waals surface area (Å²) in [5, 5.41) is 17.4. The van der Waals surface area contributed by atoms with Crippen LogP contribution in [0.15, 0.2) is 22.4 Å². The van der Waals surface area contributed by atoms with Gasteiger partial charge in [0, 0.05) is 30.8 Å². The monoisotopic (exact) mass is 544 g/mol. The Labute approximate surface area is 219 Å². The van der Waals surface area contributed by atoms with E-state index in [-0.39, 0.29) is 17.9 Å². The van der Waals surface area contributed by atoms with Crippen molar-refractivity contribution in [3.63, 3.8) is 0 Å². The van der Waals surface area contributed by atoms with Crippen LogP contribution in [0.5, 0.6) is 0 Å². The lowest BCUT2D eigenvalue weighted by molar-refractivity contribution is -0.145. The minimum atomic E-state index is -2.62. The molecule has 9 nitrogen and oxygen atoms in total. The number of aromatic nitrogens is 2. The molecule has 1 atom stereocenters. The standard InChI is InChI=1S/C21H28F2N6O3S2.C2H6/c1-4-9-29-16(19(30)32-6-3)8-7-13-10-14(15(11-17(13)29)28-34-20(22)23)24-26-21-27-25-18(33-21)12-31-5-2;1-2/h10-11,16,20,28H,4-9,12H2,1-3H3;1-2H3. The number of rotatable bonds is 12. The van der Waals surface area contributed by atoms with Crippen LogP contribution in [0.2, 0.25) is 0 Å². The molecule has 0 amide bonds. The van der Waals surface area contributed by atoms with Crippen molar-refractivity contribution in [3.05, 3.63) is 22.7 Å². The number of fused-ring (bicyclic) bond motifs is 1. The summed E-state index contributed by atoms with van der Waals surface area (Å²) >= 11 is 1.52. The Hall–Kier alpha value is -2.38. The first kappa shape index (κ1) is 29.8. The zero-order valence-electron chi connectivity index (χ0n) is 21.3. The maximum absolute atomic E-state index is 12.9. The van der Waals surface area contributed by atoms with Gasteiger partial charge < -0.3 is 19.1 Å². The van der Waals surface area contributed by atoms with E-state index in [0.29, 0.717) is 60.7 Å². The molecule has 200 valence electrons. The van der Waals surface area contributed by atoms with Gasteiger partial charge in [0.15, 0.2) is 0 Å². The second-order valence-corrected chi connectivity index (χ2v) is 9.13. The summed E-state index contributed by atoms with van der Waals surface area (Å²) in [6.07, 6.45) is 2.03. The van der Waals surface area contributed by atoms with Crippen molar-refractivity contribution >= 4 is 51.4 Å². The molecular weight excluding hydrogens is 510 g/mol. The lowest BCUT2D eigenvalue weighted by Crippen LogP contribution is -2.46. The summed E-state index contributed by atoms with van der Waals surface area (Å²) < 4.78 is 39.2. The number of hydrogen-bond acceptors (Lipinski definition) is 11. The molecule has 0 aliphatic carbocycles. The van der Waals surface area contributed by atoms with Gasteiger partial charge in [-0.15, -0.1) is 20.4 Å². The van der Waals surface area contributed by atoms with Crippen molar-refractivity contribution in [2.24, 2.45) is 10.2 Å². The second kappa shape index (κ2) is 15.7. The molecule has 0 fully saturated rings. The summed E-state index contributed by atoms with van der Waals surface area (Å²) in [6, 6.07) is 3.15. The maximum atomic E-state index is 12.9. The van der Waals surface area contributed by atoms with E-state index in [1.54, 1.807) is 13.0 Å². The number of esters is 1. The quantitative estimate of drug-likeness (QED) is 0.175. The van der Waals surface area contributed by atoms with Gasteiger partial charge in [0.25, 0.3) is 5.13 Å². The average Bonchev–Trinajstić information content (AvgIpc) is 3.34. The first-order valence-corrected chi connectivity index (χ1v) is 13.8. The van der Waals surface area contributed by atoms with Crippen LogP contribution in [0.3, 0.4) is 0 Å². The van der Waals surface area contributed by atoms with E-state index in [1.807, 2.05) is 38.7 Å². The number of ether oxygens (including phenoxy) is 2. The van der Waals surface area contributed by atoms with Crippen LogP contribution in [0, 0.1) is 0 Å². The molecule has 36 heavy (non-hydrogen) atoms. The summed E-state index contributed by atoms with van der Waals surface area (Å²) in [7, 11) is 0. The molecule has 2 heterocycles. The Balaban J connectivity index is 0.00000222. The molecule has 0 bridgehead atoms. The normalized spacial score (nSPS) is 15.0. The molecule has 0 saturated carbocycles. The highest BCUT2D eigenvalue weighted by atomic mass is 32.2. The number of nitrogens with zero attached hydrogens (tertiary/aromatic N) is 5. The van der Waals surface area contributed by atoms with E-state index < -0.39 is 11.8 Å². The van der Waals surface area contributed by atoms with E-state index >= 15 is 0 Å². The molecule has 0 saturated heterocycles. The zero-order chi connectivity index (χ0) is 26.5. The van der Waals surface area contributed by atoms with Crippen LogP contribution < -0.4 is 9.62 Å². The molecule has 1 N–H and O–H groups in total. The highest BCUT2D eigenvalue weighted by Crippen LogP contribution is 2.41. The van der Waals surface area contributed by atoms with Crippen LogP contribution >= 0.6 is 23.3 Å². The predicted molar refractivity (Wildman–Crippen MR) is 141 cm³/mol. The third-order valence-electron chi connectivity index (χ3n) is 4.98. The molecular formula is C23H34F2N6O3S2. The van der Waals surface area contributed by atoms with Crippen LogP contribution in [0.25, 0.3) is 0 Å². The van der Waals surface area contributed by atoms with Gasteiger partial charge in [0.2, 0.25) is 0 Å². The fourth-order valence-corrected chi connectivity index (χ4v) is 4.58. The minimum Gasteiger partial charge on any atom is -0.464 e. The molecule has 1 aliphatic heterocycles. The fraction of sp³-hybridized carbons (Fsp3) is 0.609. The van der Waals surface area contributed by atoms with Gasteiger partial charge in [-0.1, -0.05) is 32.1 Å². The van der Waals surface area contributed by atoms with Crippen molar-refractivity contribution in [1.82, 2.24) is 10.2 Å². The molecule has 1 aromatic heterocycles. The van der Waals surface area contributed by atoms with Crippen molar-refractivity contribution in [1.29, 1.82) is 0 Å². The van der Waals surface area contributed by atoms with E-state index in [4.69, 9.17) is 9.47 Å². The van der Waals surface area contributed by atoms with E-state index in [9.17, 15) is 13.6 Å². The molecule has 13 heteroatoms. The Bertz CT molecular complexity index is 993. The lowest BCUT2D eigenvalue weighted by atomic mass is 9.94. The molecule has 1 aromatic carbocycles. The topological polar surface area (TPSA) is 101 Å². The Morgan fingerprint density at radius 1 is 1.25 bits per heavy atom. The van der Waals surface area contributed by atoms with Crippen molar-refractivity contribution in [2.75, 3.05) is 29.4 Å². The highest BCUT2D eigenvalue weighted by Gasteiger charge is 2.33. The van der Waals surface area contributed by atoms with Crippen molar-refractivity contribution < 1.29 is 23.0 Å². The largest absolute Gasteiger partial charge is 0.464 e. The Kier molecular flexibility index (Phi) is 13.0. The molecule has 1 unspecified atom stereocenters. The summed E-state index contributed by atoms with van der Waals surface area (Å²) in [5.74, 6) is -2.90. The van der Waals surface area contributed by atoms with E-state index in [0.717, 1.165) is 17.7 Å². The van der Waals surface area contributed by atoms with Gasteiger partial charge in [-0.2, -0.15) is 8.78 Å². The van der Waals surface area contributed by atoms with Crippen LogP contribution in [-0.2, 0) is 27.3 Å². The molecule has 0 radical (unpaired) electrons. The van der Waals surface area contributed by atoms with Gasteiger partial charge in [-0.05, 0) is 50.8 Å². The Morgan fingerprint density at radius 2 is 2.03 bits per heavy atom. The molecule has 1 aliphatic rings. The number of azo groups is 1. The van der Waals surface area contributed by atoms with Crippen LogP contribution in [0.1, 0.15) is 58.0 Å². The Morgan fingerprint density at radius 3 is 2.69 bits per heavy atom. The fourth-order valence-electron chi connectivity index (χ4n) is 3.61. The molecule has 2 aromatic rings. The van der Waals surface area contributed by atoms with Gasteiger partial charge in [0.05, 0.1) is 12.3 Å². The number of anilines is 2. The third kappa shape index (κ3) is 8.34. The number of nitrogens with one attached hydrogen (secondary N) is 1. The number of hydrogen-bond donors (Lipinski definition) is 1. The summed E-state index contributed by atoms with van der Waals surface area (Å²) in [6.45, 7) is 11.5. The van der Waals surface area contributed by atoms with Crippen LogP contribution in [0.4, 0.5) is 31.0 Å². The number of carbonyl (C=O) groups is 1. The minimum absolute atomic E-state index is 0.277. The summed E-state index contributed by atoms with van der Waals surface area (Å²) in [4.78, 5) is 14.5. The number of carbonyl (C=O) groups excluding carboxylic acids is 1. The average molecular weight is 545 g/mol. The SMILES string of the molecule is CC.CCCN1c2cc(NSC(F)F)c(N=Nc3nnc(COCC)s3)cc2CCC1C(=O)OCC. The van der Waals surface area contributed by atoms with Gasteiger partial charge >= 0.3 is 11.7 Å². The predicted octanol–water partition coefficient (Wildman–Crippen LogP) is 6.89. The van der Waals surface area contributed by atoms with Crippen molar-refractivity contribution in [2.45, 2.75) is 72.3 Å². The number of aryl methyl sites for hydroxylation is 1. The molecule has 0 spiro atoms. The molecule has 3 rings (SSSR count). The second-order valence-electron chi connectivity index (χ2n) is 7.29. The highest BCUT2D eigenvalue weighted by molar-refractivity contribution is 8.00. The lowest BCUT2D eigenvalue weighted by Gasteiger charge is -2.37. The number of alkyl halides is 2. The smallest absolute Gasteiger partial charge is 0.328 e. The van der Waals surface area contributed by atoms with Crippen molar-refractivity contribution in [3.8, 4) is 0 Å². The zero-order valence-corrected chi connectivity index (χ0v) is 22.9. The van der Waals surface area contributed by atoms with E-state index in [2.05, 4.69) is 25.1 Å². The summed E-state index contributed by atoms with van der Waals surface area (Å²) in [5.41, 5.74) is 2.54. The van der Waals surface area contributed by atoms with Gasteiger partial charge in [0.1, 0.15) is 23.3 Å². The first-order chi connectivity index (χ1) is 17.5. The third-order valence-corrected chi connectivity index (χ3v) is 6.28. The number of benzene rings is 1. The maximum Gasteiger partial charge on any atom is 0.328 e. The van der Waals surface area contributed by atoms with Crippen LogP contribution in [-0.4, -0.2) is 47.7 Å². The van der Waals surface area contributed by atoms with Gasteiger partial charge in [-0.3, -0.25) is 0 Å². The number of halogens is 2. The first-order valence-electron chi connectivity index (χ1n) is 12.1.